The first-order valence-electron chi connectivity index (χ1n) is 3.65. The van der Waals surface area contributed by atoms with Crippen molar-refractivity contribution in [2.45, 2.75) is 11.8 Å². The predicted molar refractivity (Wildman–Crippen MR) is 58.2 cm³/mol. The fourth-order valence-electron chi connectivity index (χ4n) is 1.21. The molecule has 62 valence electrons. The van der Waals surface area contributed by atoms with Crippen LogP contribution in [-0.2, 0) is 0 Å². The van der Waals surface area contributed by atoms with Crippen LogP contribution in [0.2, 0.25) is 0 Å². The van der Waals surface area contributed by atoms with Crippen LogP contribution in [0.5, 0.6) is 0 Å². The van der Waals surface area contributed by atoms with Gasteiger partial charge in [0.05, 0.1) is 0 Å². The van der Waals surface area contributed by atoms with Crippen LogP contribution in [0.1, 0.15) is 5.56 Å². The molecular weight excluding hydrogens is 186 g/mol. The summed E-state index contributed by atoms with van der Waals surface area (Å²) in [6.07, 6.45) is 0. The number of thiophene rings is 1. The molecule has 0 radical (unpaired) electrons. The summed E-state index contributed by atoms with van der Waals surface area (Å²) in [5.41, 5.74) is 7.70. The maximum atomic E-state index is 5.80. The highest BCUT2D eigenvalue weighted by Gasteiger charge is 2.05. The third kappa shape index (κ3) is 1.01. The van der Waals surface area contributed by atoms with Crippen LogP contribution in [0.15, 0.2) is 22.4 Å². The Morgan fingerprint density at radius 2 is 2.25 bits per heavy atom. The molecule has 2 N–H and O–H groups in total. The lowest BCUT2D eigenvalue weighted by Gasteiger charge is -2.03. The molecule has 0 atom stereocenters. The number of anilines is 1. The van der Waals surface area contributed by atoms with Crippen molar-refractivity contribution in [1.82, 2.24) is 0 Å². The smallest absolute Gasteiger partial charge is 0.0480 e. The van der Waals surface area contributed by atoms with E-state index in [1.54, 1.807) is 11.3 Å². The van der Waals surface area contributed by atoms with Gasteiger partial charge in [0.25, 0.3) is 0 Å². The molecule has 0 saturated heterocycles. The second kappa shape index (κ2) is 2.68. The zero-order valence-electron chi connectivity index (χ0n) is 6.66. The SMILES string of the molecule is Cc1c(N)cc2ccsc2c1S. The van der Waals surface area contributed by atoms with E-state index in [1.165, 1.54) is 10.1 Å². The largest absolute Gasteiger partial charge is 0.398 e. The Bertz CT molecular complexity index is 431. The van der Waals surface area contributed by atoms with Crippen molar-refractivity contribution in [3.05, 3.63) is 23.1 Å². The van der Waals surface area contributed by atoms with Crippen molar-refractivity contribution in [2.75, 3.05) is 5.73 Å². The van der Waals surface area contributed by atoms with Crippen LogP contribution in [0.4, 0.5) is 5.69 Å². The molecule has 1 heterocycles. The number of hydrogen-bond donors (Lipinski definition) is 2. The molecule has 0 aliphatic carbocycles. The van der Waals surface area contributed by atoms with Gasteiger partial charge in [-0.25, -0.2) is 0 Å². The second-order valence-electron chi connectivity index (χ2n) is 2.78. The van der Waals surface area contributed by atoms with Crippen LogP contribution in [0, 0.1) is 6.92 Å². The summed E-state index contributed by atoms with van der Waals surface area (Å²) < 4.78 is 1.23. The molecule has 0 spiro atoms. The fraction of sp³-hybridized carbons (Fsp3) is 0.111. The number of thiol groups is 1. The third-order valence-corrected chi connectivity index (χ3v) is 3.67. The highest BCUT2D eigenvalue weighted by Crippen LogP contribution is 2.33. The molecule has 2 rings (SSSR count). The quantitative estimate of drug-likeness (QED) is 0.490. The molecule has 1 nitrogen and oxygen atoms in total. The van der Waals surface area contributed by atoms with Gasteiger partial charge in [0, 0.05) is 15.3 Å². The molecule has 12 heavy (non-hydrogen) atoms. The summed E-state index contributed by atoms with van der Waals surface area (Å²) in [5, 5.41) is 3.25. The van der Waals surface area contributed by atoms with Gasteiger partial charge in [0.15, 0.2) is 0 Å². The summed E-state index contributed by atoms with van der Waals surface area (Å²) in [6, 6.07) is 4.07. The normalized spacial score (nSPS) is 10.8. The lowest BCUT2D eigenvalue weighted by atomic mass is 10.1. The Morgan fingerprint density at radius 3 is 3.00 bits per heavy atom. The average Bonchev–Trinajstić information content (AvgIpc) is 2.48. The lowest BCUT2D eigenvalue weighted by Crippen LogP contribution is -1.89. The summed E-state index contributed by atoms with van der Waals surface area (Å²) in [7, 11) is 0. The molecule has 0 aliphatic rings. The van der Waals surface area contributed by atoms with Gasteiger partial charge in [0.2, 0.25) is 0 Å². The standard InChI is InChI=1S/C9H9NS2/c1-5-7(10)4-6-2-3-12-9(6)8(5)11/h2-4,11H,10H2,1H3. The van der Waals surface area contributed by atoms with Crippen LogP contribution < -0.4 is 5.73 Å². The van der Waals surface area contributed by atoms with Gasteiger partial charge in [-0.1, -0.05) is 0 Å². The van der Waals surface area contributed by atoms with E-state index in [0.717, 1.165) is 16.1 Å². The molecule has 3 heteroatoms. The minimum Gasteiger partial charge on any atom is -0.398 e. The minimum atomic E-state index is 0.825. The molecule has 0 amide bonds. The van der Waals surface area contributed by atoms with Gasteiger partial charge in [-0.3, -0.25) is 0 Å². The Morgan fingerprint density at radius 1 is 1.50 bits per heavy atom. The number of fused-ring (bicyclic) bond motifs is 1. The number of rotatable bonds is 0. The van der Waals surface area contributed by atoms with E-state index in [0.29, 0.717) is 0 Å². The number of hydrogen-bond acceptors (Lipinski definition) is 3. The maximum absolute atomic E-state index is 5.80. The number of benzene rings is 1. The summed E-state index contributed by atoms with van der Waals surface area (Å²) in [4.78, 5) is 1.01. The van der Waals surface area contributed by atoms with Gasteiger partial charge in [-0.05, 0) is 35.4 Å². The molecule has 0 saturated carbocycles. The second-order valence-corrected chi connectivity index (χ2v) is 4.14. The van der Waals surface area contributed by atoms with Gasteiger partial charge in [-0.2, -0.15) is 0 Å². The van der Waals surface area contributed by atoms with Crippen molar-refractivity contribution in [3.8, 4) is 0 Å². The van der Waals surface area contributed by atoms with E-state index >= 15 is 0 Å². The van der Waals surface area contributed by atoms with E-state index in [2.05, 4.69) is 24.1 Å². The third-order valence-electron chi connectivity index (χ3n) is 2.01. The zero-order chi connectivity index (χ0) is 8.72. The van der Waals surface area contributed by atoms with Gasteiger partial charge in [-0.15, -0.1) is 24.0 Å². The molecule has 1 aromatic heterocycles. The Hall–Kier alpha value is -0.670. The molecule has 1 aromatic carbocycles. The summed E-state index contributed by atoms with van der Waals surface area (Å²) in [5.74, 6) is 0. The first-order valence-corrected chi connectivity index (χ1v) is 4.98. The summed E-state index contributed by atoms with van der Waals surface area (Å²) in [6.45, 7) is 2.00. The van der Waals surface area contributed by atoms with Crippen LogP contribution >= 0.6 is 24.0 Å². The number of nitrogens with two attached hydrogens (primary N) is 1. The zero-order valence-corrected chi connectivity index (χ0v) is 8.38. The van der Waals surface area contributed by atoms with Crippen LogP contribution in [0.3, 0.4) is 0 Å². The highest BCUT2D eigenvalue weighted by atomic mass is 32.1. The summed E-state index contributed by atoms with van der Waals surface area (Å²) >= 11 is 6.13. The Kier molecular flexibility index (Phi) is 1.77. The van der Waals surface area contributed by atoms with E-state index in [1.807, 2.05) is 13.0 Å². The molecule has 2 aromatic rings. The van der Waals surface area contributed by atoms with Crippen molar-refractivity contribution < 1.29 is 0 Å². The molecule has 0 bridgehead atoms. The molecule has 0 aliphatic heterocycles. The Balaban J connectivity index is 2.94. The van der Waals surface area contributed by atoms with Gasteiger partial charge >= 0.3 is 0 Å². The molecular formula is C9H9NS2. The fourth-order valence-corrected chi connectivity index (χ4v) is 2.50. The maximum Gasteiger partial charge on any atom is 0.0480 e. The molecule has 0 fully saturated rings. The van der Waals surface area contributed by atoms with E-state index in [4.69, 9.17) is 5.73 Å². The van der Waals surface area contributed by atoms with E-state index in [-0.39, 0.29) is 0 Å². The van der Waals surface area contributed by atoms with Crippen molar-refractivity contribution in [1.29, 1.82) is 0 Å². The van der Waals surface area contributed by atoms with Crippen molar-refractivity contribution in [3.63, 3.8) is 0 Å². The van der Waals surface area contributed by atoms with Crippen molar-refractivity contribution >= 4 is 39.7 Å². The highest BCUT2D eigenvalue weighted by molar-refractivity contribution is 7.80. The van der Waals surface area contributed by atoms with Crippen molar-refractivity contribution in [2.24, 2.45) is 0 Å². The monoisotopic (exact) mass is 195 g/mol. The minimum absolute atomic E-state index is 0.825. The van der Waals surface area contributed by atoms with E-state index < -0.39 is 0 Å². The van der Waals surface area contributed by atoms with Crippen LogP contribution in [-0.4, -0.2) is 0 Å². The first kappa shape index (κ1) is 7.95. The van der Waals surface area contributed by atoms with Gasteiger partial charge in [0.1, 0.15) is 0 Å². The first-order chi connectivity index (χ1) is 5.70. The average molecular weight is 195 g/mol. The lowest BCUT2D eigenvalue weighted by molar-refractivity contribution is 1.38. The molecule has 0 unspecified atom stereocenters. The predicted octanol–water partition coefficient (Wildman–Crippen LogP) is 3.08. The van der Waals surface area contributed by atoms with Gasteiger partial charge < -0.3 is 5.73 Å². The topological polar surface area (TPSA) is 26.0 Å². The van der Waals surface area contributed by atoms with E-state index in [9.17, 15) is 0 Å². The van der Waals surface area contributed by atoms with Crippen LogP contribution in [0.25, 0.3) is 10.1 Å². The number of nitrogen functional groups attached to an aromatic ring is 1. The Labute approximate surface area is 80.6 Å².